The first-order valence-electron chi connectivity index (χ1n) is 6.85. The van der Waals surface area contributed by atoms with Gasteiger partial charge in [0.1, 0.15) is 22.7 Å². The fraction of sp³-hybridized carbons (Fsp3) is 0.500. The number of nitrogens with zero attached hydrogens (tertiary/aromatic N) is 3. The van der Waals surface area contributed by atoms with E-state index < -0.39 is 16.1 Å². The zero-order chi connectivity index (χ0) is 15.3. The van der Waals surface area contributed by atoms with Crippen molar-refractivity contribution >= 4 is 10.0 Å². The average molecular weight is 304 g/mol. The molecule has 7 heteroatoms. The minimum Gasteiger partial charge on any atom is -0.244 e. The fourth-order valence-corrected chi connectivity index (χ4v) is 3.69. The van der Waals surface area contributed by atoms with Gasteiger partial charge in [0.15, 0.2) is 0 Å². The van der Waals surface area contributed by atoms with Gasteiger partial charge in [-0.25, -0.2) is 13.4 Å². The summed E-state index contributed by atoms with van der Waals surface area (Å²) in [5.74, 6) is 0.0601. The van der Waals surface area contributed by atoms with Gasteiger partial charge in [0.2, 0.25) is 10.0 Å². The minimum absolute atomic E-state index is 0.0300. The molecule has 0 saturated heterocycles. The summed E-state index contributed by atoms with van der Waals surface area (Å²) in [6, 6.07) is 5.84. The van der Waals surface area contributed by atoms with Crippen LogP contribution in [0.4, 0.5) is 0 Å². The number of pyridine rings is 1. The molecule has 0 aliphatic heterocycles. The Bertz CT molecular complexity index is 664. The number of aromatic nitrogens is 1. The largest absolute Gasteiger partial charge is 0.244 e. The minimum atomic E-state index is -3.79. The van der Waals surface area contributed by atoms with Crippen LogP contribution in [0.1, 0.15) is 37.8 Å². The Morgan fingerprint density at radius 1 is 1.24 bits per heavy atom. The molecular weight excluding hydrogens is 288 g/mol. The summed E-state index contributed by atoms with van der Waals surface area (Å²) in [6.07, 6.45) is 6.07. The first kappa shape index (κ1) is 15.4. The number of nitriles is 2. The summed E-state index contributed by atoms with van der Waals surface area (Å²) in [6.45, 7) is 0. The van der Waals surface area contributed by atoms with Gasteiger partial charge in [-0.05, 0) is 30.9 Å². The van der Waals surface area contributed by atoms with Crippen molar-refractivity contribution < 1.29 is 8.42 Å². The number of nitrogens with one attached hydrogen (secondary N) is 1. The number of hydrogen-bond donors (Lipinski definition) is 1. The molecule has 0 aromatic carbocycles. The van der Waals surface area contributed by atoms with Crippen LogP contribution in [0.2, 0.25) is 0 Å². The van der Waals surface area contributed by atoms with Gasteiger partial charge in [-0.1, -0.05) is 19.3 Å². The van der Waals surface area contributed by atoms with Crippen molar-refractivity contribution in [2.45, 2.75) is 43.0 Å². The van der Waals surface area contributed by atoms with E-state index in [9.17, 15) is 13.7 Å². The molecular formula is C14H16N4O2S. The van der Waals surface area contributed by atoms with Crippen molar-refractivity contribution in [3.8, 4) is 12.1 Å². The van der Waals surface area contributed by atoms with Crippen LogP contribution in [0.5, 0.6) is 0 Å². The van der Waals surface area contributed by atoms with Gasteiger partial charge in [-0.3, -0.25) is 0 Å². The van der Waals surface area contributed by atoms with Crippen molar-refractivity contribution in [3.05, 3.63) is 24.0 Å². The maximum Gasteiger partial charge on any atom is 0.243 e. The third kappa shape index (κ3) is 3.78. The maximum atomic E-state index is 12.3. The van der Waals surface area contributed by atoms with E-state index in [0.717, 1.165) is 38.3 Å². The van der Waals surface area contributed by atoms with Crippen LogP contribution in [0.15, 0.2) is 23.2 Å². The van der Waals surface area contributed by atoms with Crippen molar-refractivity contribution in [2.24, 2.45) is 5.92 Å². The molecule has 1 aliphatic carbocycles. The Morgan fingerprint density at radius 2 is 1.95 bits per heavy atom. The Kier molecular flexibility index (Phi) is 4.89. The Hall–Kier alpha value is -1.96. The molecule has 1 heterocycles. The van der Waals surface area contributed by atoms with E-state index in [1.165, 1.54) is 12.1 Å². The highest BCUT2D eigenvalue weighted by molar-refractivity contribution is 7.89. The summed E-state index contributed by atoms with van der Waals surface area (Å²) in [5.41, 5.74) is 0.151. The predicted octanol–water partition coefficient (Wildman–Crippen LogP) is 1.70. The number of hydrogen-bond acceptors (Lipinski definition) is 5. The van der Waals surface area contributed by atoms with Gasteiger partial charge in [-0.15, -0.1) is 0 Å². The molecule has 2 rings (SSSR count). The molecule has 110 valence electrons. The molecule has 1 atom stereocenters. The third-order valence-corrected chi connectivity index (χ3v) is 5.13. The molecule has 0 bridgehead atoms. The molecule has 1 unspecified atom stereocenters. The molecule has 1 aromatic rings. The zero-order valence-corrected chi connectivity index (χ0v) is 12.3. The molecule has 1 aliphatic rings. The number of sulfonamides is 1. The zero-order valence-electron chi connectivity index (χ0n) is 11.5. The van der Waals surface area contributed by atoms with Gasteiger partial charge < -0.3 is 0 Å². The van der Waals surface area contributed by atoms with Crippen molar-refractivity contribution in [3.63, 3.8) is 0 Å². The average Bonchev–Trinajstić information content (AvgIpc) is 2.53. The molecule has 21 heavy (non-hydrogen) atoms. The second-order valence-electron chi connectivity index (χ2n) is 5.12. The van der Waals surface area contributed by atoms with E-state index in [-0.39, 0.29) is 16.5 Å². The van der Waals surface area contributed by atoms with Crippen LogP contribution in [0, 0.1) is 28.6 Å². The molecule has 0 amide bonds. The lowest BCUT2D eigenvalue weighted by Gasteiger charge is -2.26. The van der Waals surface area contributed by atoms with Crippen molar-refractivity contribution in [2.75, 3.05) is 0 Å². The first-order valence-corrected chi connectivity index (χ1v) is 8.33. The molecule has 1 fully saturated rings. The Morgan fingerprint density at radius 3 is 2.48 bits per heavy atom. The standard InChI is InChI=1S/C14H16N4O2S/c15-8-12-6-7-13(10-17-12)21(19,20)18-14(9-16)11-4-2-1-3-5-11/h6-7,10-11,14,18H,1-5H2. The monoisotopic (exact) mass is 304 g/mol. The smallest absolute Gasteiger partial charge is 0.243 e. The van der Waals surface area contributed by atoms with E-state index in [0.29, 0.717) is 0 Å². The maximum absolute atomic E-state index is 12.3. The lowest BCUT2D eigenvalue weighted by molar-refractivity contribution is 0.324. The molecule has 0 radical (unpaired) electrons. The fourth-order valence-electron chi connectivity index (χ4n) is 2.54. The van der Waals surface area contributed by atoms with Gasteiger partial charge in [-0.2, -0.15) is 15.2 Å². The van der Waals surface area contributed by atoms with Gasteiger partial charge in [0.25, 0.3) is 0 Å². The van der Waals surface area contributed by atoms with Crippen molar-refractivity contribution in [1.82, 2.24) is 9.71 Å². The van der Waals surface area contributed by atoms with Gasteiger partial charge in [0.05, 0.1) is 6.07 Å². The van der Waals surface area contributed by atoms with Crippen LogP contribution in [-0.4, -0.2) is 19.4 Å². The van der Waals surface area contributed by atoms with Crippen molar-refractivity contribution in [1.29, 1.82) is 10.5 Å². The summed E-state index contributed by atoms with van der Waals surface area (Å²) >= 11 is 0. The van der Waals surface area contributed by atoms with E-state index in [4.69, 9.17) is 5.26 Å². The number of rotatable bonds is 4. The molecule has 1 N–H and O–H groups in total. The highest BCUT2D eigenvalue weighted by Crippen LogP contribution is 2.27. The SMILES string of the molecule is N#Cc1ccc(S(=O)(=O)NC(C#N)C2CCCCC2)cn1. The second-order valence-corrected chi connectivity index (χ2v) is 6.83. The molecule has 1 saturated carbocycles. The van der Waals surface area contributed by atoms with Crippen LogP contribution < -0.4 is 4.72 Å². The van der Waals surface area contributed by atoms with Crippen LogP contribution >= 0.6 is 0 Å². The van der Waals surface area contributed by atoms with Crippen LogP contribution in [0.25, 0.3) is 0 Å². The lowest BCUT2D eigenvalue weighted by atomic mass is 9.85. The molecule has 6 nitrogen and oxygen atoms in total. The van der Waals surface area contributed by atoms with E-state index >= 15 is 0 Å². The lowest BCUT2D eigenvalue weighted by Crippen LogP contribution is -2.40. The van der Waals surface area contributed by atoms with E-state index in [2.05, 4.69) is 15.8 Å². The van der Waals surface area contributed by atoms with Crippen LogP contribution in [-0.2, 0) is 10.0 Å². The predicted molar refractivity (Wildman–Crippen MR) is 75.2 cm³/mol. The summed E-state index contributed by atoms with van der Waals surface area (Å²) in [5, 5.41) is 17.9. The first-order chi connectivity index (χ1) is 10.1. The Balaban J connectivity index is 2.15. The van der Waals surface area contributed by atoms with Gasteiger partial charge >= 0.3 is 0 Å². The Labute approximate surface area is 124 Å². The summed E-state index contributed by atoms with van der Waals surface area (Å²) < 4.78 is 27.0. The quantitative estimate of drug-likeness (QED) is 0.911. The third-order valence-electron chi connectivity index (χ3n) is 3.70. The summed E-state index contributed by atoms with van der Waals surface area (Å²) in [7, 11) is -3.79. The van der Waals surface area contributed by atoms with Crippen LogP contribution in [0.3, 0.4) is 0 Å². The van der Waals surface area contributed by atoms with E-state index in [1.807, 2.05) is 6.07 Å². The highest BCUT2D eigenvalue weighted by atomic mass is 32.2. The molecule has 0 spiro atoms. The normalized spacial score (nSPS) is 17.6. The van der Waals surface area contributed by atoms with Gasteiger partial charge in [0, 0.05) is 6.20 Å². The topological polar surface area (TPSA) is 107 Å². The molecule has 1 aromatic heterocycles. The second kappa shape index (κ2) is 6.66. The highest BCUT2D eigenvalue weighted by Gasteiger charge is 2.28. The summed E-state index contributed by atoms with van der Waals surface area (Å²) in [4.78, 5) is 3.72. The van der Waals surface area contributed by atoms with E-state index in [1.54, 1.807) is 0 Å².